The lowest BCUT2D eigenvalue weighted by molar-refractivity contribution is 0.317. The zero-order valence-corrected chi connectivity index (χ0v) is 9.71. The molecule has 0 bridgehead atoms. The number of hydrogen-bond donors (Lipinski definition) is 1. The van der Waals surface area contributed by atoms with Crippen LogP contribution in [0.3, 0.4) is 0 Å². The minimum Gasteiger partial charge on any atom is -0.370 e. The van der Waals surface area contributed by atoms with E-state index in [9.17, 15) is 0 Å². The van der Waals surface area contributed by atoms with Crippen molar-refractivity contribution >= 4 is 5.96 Å². The number of aliphatic imine (C=N–C) groups is 1. The van der Waals surface area contributed by atoms with Gasteiger partial charge in [-0.05, 0) is 24.7 Å². The molecule has 3 heteroatoms. The molecule has 1 rings (SSSR count). The van der Waals surface area contributed by atoms with Gasteiger partial charge in [0.25, 0.3) is 0 Å². The number of guanidine groups is 1. The molecule has 0 saturated carbocycles. The molecular formula is C11H23N3. The SMILES string of the molecule is CC(C)(C)CCCN1CCCN=C1N. The molecule has 0 aromatic heterocycles. The third kappa shape index (κ3) is 3.99. The summed E-state index contributed by atoms with van der Waals surface area (Å²) in [4.78, 5) is 6.45. The van der Waals surface area contributed by atoms with Gasteiger partial charge in [0.1, 0.15) is 0 Å². The van der Waals surface area contributed by atoms with E-state index in [0.29, 0.717) is 5.41 Å². The van der Waals surface area contributed by atoms with Crippen molar-refractivity contribution in [2.24, 2.45) is 16.1 Å². The molecule has 0 aliphatic carbocycles. The van der Waals surface area contributed by atoms with Crippen molar-refractivity contribution in [1.29, 1.82) is 0 Å². The van der Waals surface area contributed by atoms with Crippen LogP contribution in [0.25, 0.3) is 0 Å². The van der Waals surface area contributed by atoms with E-state index in [1.54, 1.807) is 0 Å². The maximum Gasteiger partial charge on any atom is 0.191 e. The third-order valence-corrected chi connectivity index (χ3v) is 2.54. The van der Waals surface area contributed by atoms with E-state index in [2.05, 4.69) is 30.7 Å². The number of nitrogens with two attached hydrogens (primary N) is 1. The summed E-state index contributed by atoms with van der Waals surface area (Å²) in [6.45, 7) is 9.88. The lowest BCUT2D eigenvalue weighted by atomic mass is 9.90. The van der Waals surface area contributed by atoms with Crippen LogP contribution >= 0.6 is 0 Å². The van der Waals surface area contributed by atoms with E-state index in [4.69, 9.17) is 5.73 Å². The minimum atomic E-state index is 0.432. The molecule has 0 radical (unpaired) electrons. The Labute approximate surface area is 87.4 Å². The maximum atomic E-state index is 5.80. The largest absolute Gasteiger partial charge is 0.370 e. The summed E-state index contributed by atoms with van der Waals surface area (Å²) in [5, 5.41) is 0. The van der Waals surface area contributed by atoms with Crippen LogP contribution in [0.15, 0.2) is 4.99 Å². The summed E-state index contributed by atoms with van der Waals surface area (Å²) in [7, 11) is 0. The molecule has 0 saturated heterocycles. The molecule has 3 nitrogen and oxygen atoms in total. The van der Waals surface area contributed by atoms with Gasteiger partial charge < -0.3 is 10.6 Å². The molecule has 0 fully saturated rings. The molecule has 0 atom stereocenters. The molecule has 0 aromatic rings. The van der Waals surface area contributed by atoms with Gasteiger partial charge in [0, 0.05) is 19.6 Å². The van der Waals surface area contributed by atoms with Crippen LogP contribution in [0.1, 0.15) is 40.0 Å². The van der Waals surface area contributed by atoms with Gasteiger partial charge in [-0.1, -0.05) is 20.8 Å². The van der Waals surface area contributed by atoms with Crippen molar-refractivity contribution in [2.45, 2.75) is 40.0 Å². The quantitative estimate of drug-likeness (QED) is 0.750. The van der Waals surface area contributed by atoms with E-state index in [-0.39, 0.29) is 0 Å². The van der Waals surface area contributed by atoms with Gasteiger partial charge in [0.2, 0.25) is 0 Å². The molecular weight excluding hydrogens is 174 g/mol. The Kier molecular flexibility index (Phi) is 3.78. The molecule has 0 unspecified atom stereocenters. The van der Waals surface area contributed by atoms with Gasteiger partial charge >= 0.3 is 0 Å². The van der Waals surface area contributed by atoms with E-state index < -0.39 is 0 Å². The molecule has 1 aliphatic heterocycles. The summed E-state index contributed by atoms with van der Waals surface area (Å²) in [6, 6.07) is 0. The van der Waals surface area contributed by atoms with Gasteiger partial charge in [-0.15, -0.1) is 0 Å². The van der Waals surface area contributed by atoms with Gasteiger partial charge in [0.15, 0.2) is 5.96 Å². The average molecular weight is 197 g/mol. The highest BCUT2D eigenvalue weighted by molar-refractivity contribution is 5.78. The predicted molar refractivity (Wildman–Crippen MR) is 61.4 cm³/mol. The van der Waals surface area contributed by atoms with Crippen LogP contribution in [-0.2, 0) is 0 Å². The Balaban J connectivity index is 2.24. The normalized spacial score (nSPS) is 18.2. The van der Waals surface area contributed by atoms with Crippen molar-refractivity contribution in [1.82, 2.24) is 4.90 Å². The van der Waals surface area contributed by atoms with Crippen molar-refractivity contribution in [3.63, 3.8) is 0 Å². The maximum absolute atomic E-state index is 5.80. The zero-order valence-electron chi connectivity index (χ0n) is 9.71. The Morgan fingerprint density at radius 3 is 2.71 bits per heavy atom. The third-order valence-electron chi connectivity index (χ3n) is 2.54. The highest BCUT2D eigenvalue weighted by Gasteiger charge is 2.14. The van der Waals surface area contributed by atoms with E-state index in [0.717, 1.165) is 32.0 Å². The standard InChI is InChI=1S/C11H23N3/c1-11(2,3)6-4-8-14-9-5-7-13-10(14)12/h4-9H2,1-3H3,(H2,12,13). The van der Waals surface area contributed by atoms with E-state index in [1.165, 1.54) is 12.8 Å². The lowest BCUT2D eigenvalue weighted by Gasteiger charge is -2.28. The van der Waals surface area contributed by atoms with Gasteiger partial charge in [-0.25, -0.2) is 0 Å². The first kappa shape index (κ1) is 11.3. The van der Waals surface area contributed by atoms with Crippen LogP contribution in [0.4, 0.5) is 0 Å². The summed E-state index contributed by atoms with van der Waals surface area (Å²) in [5.41, 5.74) is 6.24. The lowest BCUT2D eigenvalue weighted by Crippen LogP contribution is -2.41. The molecule has 2 N–H and O–H groups in total. The summed E-state index contributed by atoms with van der Waals surface area (Å²) >= 11 is 0. The second-order valence-electron chi connectivity index (χ2n) is 5.24. The molecule has 0 amide bonds. The fourth-order valence-electron chi connectivity index (χ4n) is 1.70. The van der Waals surface area contributed by atoms with Crippen molar-refractivity contribution in [2.75, 3.05) is 19.6 Å². The monoisotopic (exact) mass is 197 g/mol. The Morgan fingerprint density at radius 2 is 2.14 bits per heavy atom. The van der Waals surface area contributed by atoms with Crippen LogP contribution in [0, 0.1) is 5.41 Å². The highest BCUT2D eigenvalue weighted by Crippen LogP contribution is 2.20. The van der Waals surface area contributed by atoms with Gasteiger partial charge in [0.05, 0.1) is 0 Å². The molecule has 1 heterocycles. The summed E-state index contributed by atoms with van der Waals surface area (Å²) in [5.74, 6) is 0.741. The fourth-order valence-corrected chi connectivity index (χ4v) is 1.70. The fraction of sp³-hybridized carbons (Fsp3) is 0.909. The average Bonchev–Trinajstić information content (AvgIpc) is 2.06. The summed E-state index contributed by atoms with van der Waals surface area (Å²) in [6.07, 6.45) is 3.60. The molecule has 1 aliphatic rings. The molecule has 82 valence electrons. The van der Waals surface area contributed by atoms with Gasteiger partial charge in [-0.2, -0.15) is 0 Å². The Bertz CT molecular complexity index is 203. The number of rotatable bonds is 3. The Hall–Kier alpha value is -0.730. The molecule has 0 aromatic carbocycles. The Morgan fingerprint density at radius 1 is 1.43 bits per heavy atom. The first-order valence-corrected chi connectivity index (χ1v) is 5.54. The number of hydrogen-bond acceptors (Lipinski definition) is 3. The van der Waals surface area contributed by atoms with E-state index in [1.807, 2.05) is 0 Å². The molecule has 14 heavy (non-hydrogen) atoms. The van der Waals surface area contributed by atoms with Crippen LogP contribution in [0.5, 0.6) is 0 Å². The highest BCUT2D eigenvalue weighted by atomic mass is 15.3. The second kappa shape index (κ2) is 4.67. The van der Waals surface area contributed by atoms with Crippen LogP contribution < -0.4 is 5.73 Å². The summed E-state index contributed by atoms with van der Waals surface area (Å²) < 4.78 is 0. The van der Waals surface area contributed by atoms with Gasteiger partial charge in [-0.3, -0.25) is 4.99 Å². The minimum absolute atomic E-state index is 0.432. The molecule has 0 spiro atoms. The van der Waals surface area contributed by atoms with Crippen molar-refractivity contribution < 1.29 is 0 Å². The van der Waals surface area contributed by atoms with Crippen LogP contribution in [-0.4, -0.2) is 30.5 Å². The van der Waals surface area contributed by atoms with Crippen LogP contribution in [0.2, 0.25) is 0 Å². The zero-order chi connectivity index (χ0) is 10.6. The second-order valence-corrected chi connectivity index (χ2v) is 5.24. The topological polar surface area (TPSA) is 41.6 Å². The van der Waals surface area contributed by atoms with E-state index >= 15 is 0 Å². The first-order chi connectivity index (χ1) is 6.49. The number of nitrogens with zero attached hydrogens (tertiary/aromatic N) is 2. The van der Waals surface area contributed by atoms with Crippen molar-refractivity contribution in [3.8, 4) is 0 Å². The first-order valence-electron chi connectivity index (χ1n) is 5.54. The smallest absolute Gasteiger partial charge is 0.191 e. The predicted octanol–water partition coefficient (Wildman–Crippen LogP) is 1.83. The van der Waals surface area contributed by atoms with Crippen molar-refractivity contribution in [3.05, 3.63) is 0 Å².